The summed E-state index contributed by atoms with van der Waals surface area (Å²) >= 11 is 1.62. The number of carbonyl (C=O) groups excluding carboxylic acids is 2. The van der Waals surface area contributed by atoms with E-state index in [1.165, 1.54) is 5.56 Å². The molecule has 2 amide bonds. The van der Waals surface area contributed by atoms with E-state index >= 15 is 0 Å². The molecule has 0 saturated carbocycles. The topological polar surface area (TPSA) is 61.4 Å². The first-order chi connectivity index (χ1) is 14.6. The van der Waals surface area contributed by atoms with Crippen LogP contribution in [0.1, 0.15) is 22.3 Å². The second-order valence-electron chi connectivity index (χ2n) is 7.17. The van der Waals surface area contributed by atoms with E-state index in [1.807, 2.05) is 55.6 Å². The SMILES string of the molecule is CN(Cc1ccccc1)c1ccccc1NC(=O)c1ccc2c(c1)NC(=O)CCS2. The summed E-state index contributed by atoms with van der Waals surface area (Å²) < 4.78 is 0. The molecule has 1 heterocycles. The summed E-state index contributed by atoms with van der Waals surface area (Å²) in [5, 5.41) is 5.92. The highest BCUT2D eigenvalue weighted by molar-refractivity contribution is 7.99. The maximum Gasteiger partial charge on any atom is 0.255 e. The number of hydrogen-bond donors (Lipinski definition) is 2. The van der Waals surface area contributed by atoms with E-state index in [2.05, 4.69) is 27.7 Å². The molecule has 0 unspecified atom stereocenters. The van der Waals surface area contributed by atoms with E-state index in [1.54, 1.807) is 23.9 Å². The van der Waals surface area contributed by atoms with Gasteiger partial charge in [0.25, 0.3) is 5.91 Å². The lowest BCUT2D eigenvalue weighted by Gasteiger charge is -2.23. The predicted octanol–water partition coefficient (Wildman–Crippen LogP) is 5.01. The third-order valence-corrected chi connectivity index (χ3v) is 6.00. The van der Waals surface area contributed by atoms with Crippen LogP contribution >= 0.6 is 11.8 Å². The van der Waals surface area contributed by atoms with Gasteiger partial charge in [0.2, 0.25) is 5.91 Å². The number of benzene rings is 3. The Hall–Kier alpha value is -3.25. The van der Waals surface area contributed by atoms with Crippen LogP contribution in [0.2, 0.25) is 0 Å². The molecular weight excluding hydrogens is 394 g/mol. The van der Waals surface area contributed by atoms with E-state index < -0.39 is 0 Å². The Labute approximate surface area is 180 Å². The molecule has 3 aromatic carbocycles. The molecule has 3 aromatic rings. The molecular formula is C24H23N3O2S. The molecule has 2 N–H and O–H groups in total. The molecule has 5 nitrogen and oxygen atoms in total. The maximum absolute atomic E-state index is 13.0. The molecule has 0 aliphatic carbocycles. The number of carbonyl (C=O) groups is 2. The van der Waals surface area contributed by atoms with Crippen LogP contribution in [0.25, 0.3) is 0 Å². The van der Waals surface area contributed by atoms with E-state index in [-0.39, 0.29) is 11.8 Å². The van der Waals surface area contributed by atoms with Crippen molar-refractivity contribution in [2.45, 2.75) is 17.9 Å². The van der Waals surface area contributed by atoms with Crippen molar-refractivity contribution in [1.29, 1.82) is 0 Å². The summed E-state index contributed by atoms with van der Waals surface area (Å²) in [5.74, 6) is 0.513. The Balaban J connectivity index is 1.53. The van der Waals surface area contributed by atoms with Gasteiger partial charge in [0.15, 0.2) is 0 Å². The van der Waals surface area contributed by atoms with Crippen LogP contribution < -0.4 is 15.5 Å². The Morgan fingerprint density at radius 1 is 1.07 bits per heavy atom. The van der Waals surface area contributed by atoms with Crippen molar-refractivity contribution in [2.75, 3.05) is 28.3 Å². The standard InChI is InChI=1S/C24H23N3O2S/c1-27(16-17-7-3-2-4-8-17)21-10-6-5-9-19(21)26-24(29)18-11-12-22-20(15-18)25-23(28)13-14-30-22/h2-12,15H,13-14,16H2,1H3,(H,25,28)(H,26,29). The van der Waals surface area contributed by atoms with Crippen molar-refractivity contribution in [3.63, 3.8) is 0 Å². The first-order valence-electron chi connectivity index (χ1n) is 9.82. The number of nitrogens with zero attached hydrogens (tertiary/aromatic N) is 1. The van der Waals surface area contributed by atoms with Gasteiger partial charge in [-0.25, -0.2) is 0 Å². The number of amides is 2. The van der Waals surface area contributed by atoms with E-state index in [9.17, 15) is 9.59 Å². The van der Waals surface area contributed by atoms with Crippen LogP contribution in [0.4, 0.5) is 17.1 Å². The molecule has 30 heavy (non-hydrogen) atoms. The molecule has 0 aromatic heterocycles. The van der Waals surface area contributed by atoms with Crippen molar-refractivity contribution >= 4 is 40.6 Å². The van der Waals surface area contributed by atoms with Gasteiger partial charge in [0.1, 0.15) is 0 Å². The van der Waals surface area contributed by atoms with Crippen molar-refractivity contribution in [1.82, 2.24) is 0 Å². The zero-order valence-corrected chi connectivity index (χ0v) is 17.5. The van der Waals surface area contributed by atoms with E-state index in [4.69, 9.17) is 0 Å². The van der Waals surface area contributed by atoms with Crippen LogP contribution in [-0.2, 0) is 11.3 Å². The summed E-state index contributed by atoms with van der Waals surface area (Å²) in [7, 11) is 2.01. The molecule has 0 radical (unpaired) electrons. The lowest BCUT2D eigenvalue weighted by molar-refractivity contribution is -0.115. The molecule has 0 atom stereocenters. The van der Waals surface area contributed by atoms with Gasteiger partial charge in [-0.15, -0.1) is 11.8 Å². The average Bonchev–Trinajstić information content (AvgIpc) is 2.94. The number of rotatable bonds is 5. The number of para-hydroxylation sites is 2. The molecule has 1 aliphatic heterocycles. The minimum atomic E-state index is -0.207. The van der Waals surface area contributed by atoms with Crippen LogP contribution in [0, 0.1) is 0 Å². The number of thioether (sulfide) groups is 1. The molecule has 1 aliphatic rings. The number of anilines is 3. The molecule has 0 saturated heterocycles. The van der Waals surface area contributed by atoms with Crippen LogP contribution in [0.3, 0.4) is 0 Å². The zero-order chi connectivity index (χ0) is 20.9. The molecule has 0 bridgehead atoms. The monoisotopic (exact) mass is 417 g/mol. The van der Waals surface area contributed by atoms with Gasteiger partial charge in [-0.1, -0.05) is 42.5 Å². The van der Waals surface area contributed by atoms with Gasteiger partial charge in [-0.05, 0) is 35.9 Å². The van der Waals surface area contributed by atoms with Crippen LogP contribution in [0.5, 0.6) is 0 Å². The van der Waals surface area contributed by atoms with Crippen molar-refractivity contribution < 1.29 is 9.59 Å². The first-order valence-corrected chi connectivity index (χ1v) is 10.8. The summed E-state index contributed by atoms with van der Waals surface area (Å²) in [6.45, 7) is 0.732. The highest BCUT2D eigenvalue weighted by Crippen LogP contribution is 2.32. The highest BCUT2D eigenvalue weighted by atomic mass is 32.2. The van der Waals surface area contributed by atoms with Crippen molar-refractivity contribution in [2.24, 2.45) is 0 Å². The third-order valence-electron chi connectivity index (χ3n) is 4.93. The van der Waals surface area contributed by atoms with Gasteiger partial charge in [0.05, 0.1) is 17.1 Å². The van der Waals surface area contributed by atoms with E-state index in [0.717, 1.165) is 28.6 Å². The predicted molar refractivity (Wildman–Crippen MR) is 123 cm³/mol. The number of fused-ring (bicyclic) bond motifs is 1. The lowest BCUT2D eigenvalue weighted by Crippen LogP contribution is -2.20. The Morgan fingerprint density at radius 3 is 2.67 bits per heavy atom. The normalized spacial score (nSPS) is 13.0. The molecule has 0 spiro atoms. The summed E-state index contributed by atoms with van der Waals surface area (Å²) in [6, 6.07) is 23.4. The third kappa shape index (κ3) is 4.66. The van der Waals surface area contributed by atoms with Crippen LogP contribution in [-0.4, -0.2) is 24.6 Å². The fourth-order valence-corrected chi connectivity index (χ4v) is 4.35. The van der Waals surface area contributed by atoms with Crippen molar-refractivity contribution in [3.8, 4) is 0 Å². The fraction of sp³-hybridized carbons (Fsp3) is 0.167. The van der Waals surface area contributed by atoms with Crippen LogP contribution in [0.15, 0.2) is 77.7 Å². The Morgan fingerprint density at radius 2 is 1.83 bits per heavy atom. The Bertz CT molecular complexity index is 1070. The van der Waals surface area contributed by atoms with Gasteiger partial charge >= 0.3 is 0 Å². The average molecular weight is 418 g/mol. The molecule has 6 heteroatoms. The minimum absolute atomic E-state index is 0.0216. The quantitative estimate of drug-likeness (QED) is 0.613. The number of hydrogen-bond acceptors (Lipinski definition) is 4. The number of nitrogens with one attached hydrogen (secondary N) is 2. The smallest absolute Gasteiger partial charge is 0.255 e. The molecule has 152 valence electrons. The van der Waals surface area contributed by atoms with E-state index in [0.29, 0.717) is 17.7 Å². The lowest BCUT2D eigenvalue weighted by atomic mass is 10.1. The second-order valence-corrected chi connectivity index (χ2v) is 8.31. The summed E-state index contributed by atoms with van der Waals surface area (Å²) in [4.78, 5) is 27.9. The molecule has 0 fully saturated rings. The highest BCUT2D eigenvalue weighted by Gasteiger charge is 2.17. The van der Waals surface area contributed by atoms with Gasteiger partial charge in [0, 0.05) is 36.2 Å². The van der Waals surface area contributed by atoms with Gasteiger partial charge < -0.3 is 15.5 Å². The fourth-order valence-electron chi connectivity index (χ4n) is 3.41. The first kappa shape index (κ1) is 20.0. The Kier molecular flexibility index (Phi) is 6.05. The maximum atomic E-state index is 13.0. The van der Waals surface area contributed by atoms with Gasteiger partial charge in [-0.2, -0.15) is 0 Å². The zero-order valence-electron chi connectivity index (χ0n) is 16.7. The molecule has 4 rings (SSSR count). The summed E-state index contributed by atoms with van der Waals surface area (Å²) in [6.07, 6.45) is 0.474. The minimum Gasteiger partial charge on any atom is -0.369 e. The van der Waals surface area contributed by atoms with Crippen molar-refractivity contribution in [3.05, 3.63) is 83.9 Å². The second kappa shape index (κ2) is 9.05. The summed E-state index contributed by atoms with van der Waals surface area (Å²) in [5.41, 5.74) is 4.09. The largest absolute Gasteiger partial charge is 0.369 e. The van der Waals surface area contributed by atoms with Gasteiger partial charge in [-0.3, -0.25) is 9.59 Å².